The molecule has 0 atom stereocenters. The van der Waals surface area contributed by atoms with Crippen LogP contribution < -0.4 is 5.56 Å². The van der Waals surface area contributed by atoms with E-state index >= 15 is 0 Å². The highest BCUT2D eigenvalue weighted by molar-refractivity contribution is 6.29. The Bertz CT molecular complexity index is 658. The van der Waals surface area contributed by atoms with Gasteiger partial charge in [-0.15, -0.1) is 0 Å². The van der Waals surface area contributed by atoms with Crippen molar-refractivity contribution in [3.05, 3.63) is 39.5 Å². The molecule has 0 amide bonds. The number of aryl methyl sites for hydroxylation is 1. The van der Waals surface area contributed by atoms with Gasteiger partial charge in [0.1, 0.15) is 23.1 Å². The van der Waals surface area contributed by atoms with Crippen LogP contribution in [0.1, 0.15) is 37.3 Å². The van der Waals surface area contributed by atoms with Crippen LogP contribution in [0, 0.1) is 0 Å². The molecule has 0 aliphatic heterocycles. The second-order valence-corrected chi connectivity index (χ2v) is 5.01. The summed E-state index contributed by atoms with van der Waals surface area (Å²) in [5.74, 6) is 1.88. The number of nitrogens with zero attached hydrogens (tertiary/aromatic N) is 5. The van der Waals surface area contributed by atoms with Gasteiger partial charge in [-0.2, -0.15) is 5.10 Å². The van der Waals surface area contributed by atoms with E-state index in [9.17, 15) is 4.79 Å². The molecule has 1 saturated carbocycles. The molecule has 1 aliphatic carbocycles. The molecular formula is C12H14ClN5O. The van der Waals surface area contributed by atoms with Crippen molar-refractivity contribution in [2.24, 2.45) is 0 Å². The zero-order chi connectivity index (χ0) is 13.4. The summed E-state index contributed by atoms with van der Waals surface area (Å²) in [6.07, 6.45) is 3.63. The summed E-state index contributed by atoms with van der Waals surface area (Å²) in [7, 11) is 0. The lowest BCUT2D eigenvalue weighted by molar-refractivity contribution is 0.567. The molecule has 0 spiro atoms. The zero-order valence-corrected chi connectivity index (χ0v) is 11.3. The Morgan fingerprint density at radius 1 is 1.47 bits per heavy atom. The van der Waals surface area contributed by atoms with Crippen LogP contribution in [0.4, 0.5) is 0 Å². The molecule has 1 fully saturated rings. The maximum Gasteiger partial charge on any atom is 0.255 e. The van der Waals surface area contributed by atoms with Gasteiger partial charge in [-0.1, -0.05) is 11.6 Å². The van der Waals surface area contributed by atoms with Crippen LogP contribution in [0.15, 0.2) is 17.2 Å². The maximum absolute atomic E-state index is 12.1. The van der Waals surface area contributed by atoms with Crippen molar-refractivity contribution in [1.82, 2.24) is 24.3 Å². The van der Waals surface area contributed by atoms with Crippen molar-refractivity contribution in [1.29, 1.82) is 0 Å². The number of hydrogen-bond donors (Lipinski definition) is 0. The van der Waals surface area contributed by atoms with Gasteiger partial charge < -0.3 is 0 Å². The number of aromatic nitrogens is 5. The molecule has 1 aliphatic rings. The van der Waals surface area contributed by atoms with E-state index in [0.717, 1.165) is 31.0 Å². The van der Waals surface area contributed by atoms with Crippen molar-refractivity contribution >= 4 is 11.6 Å². The summed E-state index contributed by atoms with van der Waals surface area (Å²) in [6, 6.07) is 1.35. The monoisotopic (exact) mass is 279 g/mol. The fraction of sp³-hybridized carbons (Fsp3) is 0.500. The predicted molar refractivity (Wildman–Crippen MR) is 70.3 cm³/mol. The van der Waals surface area contributed by atoms with E-state index in [1.165, 1.54) is 12.4 Å². The van der Waals surface area contributed by atoms with Crippen molar-refractivity contribution in [3.63, 3.8) is 0 Å². The first-order valence-corrected chi connectivity index (χ1v) is 6.70. The minimum atomic E-state index is -0.132. The summed E-state index contributed by atoms with van der Waals surface area (Å²) < 4.78 is 3.43. The molecular weight excluding hydrogens is 266 g/mol. The van der Waals surface area contributed by atoms with E-state index in [2.05, 4.69) is 15.1 Å². The topological polar surface area (TPSA) is 65.6 Å². The van der Waals surface area contributed by atoms with Crippen molar-refractivity contribution < 1.29 is 0 Å². The lowest BCUT2D eigenvalue weighted by Gasteiger charge is -2.11. The highest BCUT2D eigenvalue weighted by Gasteiger charge is 2.29. The van der Waals surface area contributed by atoms with Crippen molar-refractivity contribution in [2.75, 3.05) is 0 Å². The molecule has 2 heterocycles. The Morgan fingerprint density at radius 3 is 2.95 bits per heavy atom. The van der Waals surface area contributed by atoms with Crippen LogP contribution in [0.3, 0.4) is 0 Å². The molecule has 2 aromatic heterocycles. The third-order valence-corrected chi connectivity index (χ3v) is 3.44. The molecule has 0 aromatic carbocycles. The van der Waals surface area contributed by atoms with E-state index in [4.69, 9.17) is 11.6 Å². The van der Waals surface area contributed by atoms with Gasteiger partial charge in [0.05, 0.1) is 6.54 Å². The van der Waals surface area contributed by atoms with Gasteiger partial charge in [-0.3, -0.25) is 9.36 Å². The van der Waals surface area contributed by atoms with Crippen LogP contribution in [-0.4, -0.2) is 24.3 Å². The fourth-order valence-electron chi connectivity index (χ4n) is 2.12. The van der Waals surface area contributed by atoms with E-state index < -0.39 is 0 Å². The molecule has 0 saturated heterocycles. The van der Waals surface area contributed by atoms with Gasteiger partial charge >= 0.3 is 0 Å². The van der Waals surface area contributed by atoms with E-state index in [-0.39, 0.29) is 10.7 Å². The predicted octanol–water partition coefficient (Wildman–Crippen LogP) is 1.43. The maximum atomic E-state index is 12.1. The first-order valence-electron chi connectivity index (χ1n) is 6.33. The lowest BCUT2D eigenvalue weighted by atomic mass is 10.3. The Labute approximate surface area is 115 Å². The molecule has 7 heteroatoms. The first kappa shape index (κ1) is 12.3. The average molecular weight is 280 g/mol. The van der Waals surface area contributed by atoms with Crippen LogP contribution in [0.25, 0.3) is 0 Å². The van der Waals surface area contributed by atoms with Crippen LogP contribution in [0.2, 0.25) is 5.15 Å². The highest BCUT2D eigenvalue weighted by Crippen LogP contribution is 2.38. The Balaban J connectivity index is 2.02. The third-order valence-electron chi connectivity index (χ3n) is 3.24. The smallest absolute Gasteiger partial charge is 0.255 e. The zero-order valence-electron chi connectivity index (χ0n) is 10.6. The summed E-state index contributed by atoms with van der Waals surface area (Å²) in [5, 5.41) is 4.38. The normalized spacial score (nSPS) is 14.8. The number of rotatable bonds is 4. The number of halogens is 1. The molecule has 0 bridgehead atoms. The summed E-state index contributed by atoms with van der Waals surface area (Å²) in [4.78, 5) is 20.6. The Hall–Kier alpha value is -1.69. The second kappa shape index (κ2) is 4.77. The molecule has 3 rings (SSSR count). The molecule has 0 N–H and O–H groups in total. The van der Waals surface area contributed by atoms with Gasteiger partial charge in [-0.05, 0) is 19.8 Å². The standard InChI is InChI=1S/C12H14ClN5O/c1-2-18-10(14-7-15-18)6-17-11(19)5-9(13)16-12(17)8-3-4-8/h5,7-8H,2-4,6H2,1H3. The first-order chi connectivity index (χ1) is 9.19. The third kappa shape index (κ3) is 2.40. The highest BCUT2D eigenvalue weighted by atomic mass is 35.5. The Kier molecular flexibility index (Phi) is 3.10. The van der Waals surface area contributed by atoms with E-state index in [1.54, 1.807) is 9.25 Å². The largest absolute Gasteiger partial charge is 0.289 e. The summed E-state index contributed by atoms with van der Waals surface area (Å²) in [5.41, 5.74) is -0.132. The lowest BCUT2D eigenvalue weighted by Crippen LogP contribution is -2.26. The summed E-state index contributed by atoms with van der Waals surface area (Å²) in [6.45, 7) is 3.11. The van der Waals surface area contributed by atoms with Gasteiger partial charge in [0, 0.05) is 18.5 Å². The molecule has 100 valence electrons. The molecule has 19 heavy (non-hydrogen) atoms. The van der Waals surface area contributed by atoms with E-state index in [1.807, 2.05) is 6.92 Å². The van der Waals surface area contributed by atoms with Crippen LogP contribution in [-0.2, 0) is 13.1 Å². The molecule has 0 unspecified atom stereocenters. The van der Waals surface area contributed by atoms with Gasteiger partial charge in [0.15, 0.2) is 0 Å². The summed E-state index contributed by atoms with van der Waals surface area (Å²) >= 11 is 5.88. The minimum Gasteiger partial charge on any atom is -0.289 e. The molecule has 0 radical (unpaired) electrons. The number of hydrogen-bond acceptors (Lipinski definition) is 4. The van der Waals surface area contributed by atoms with Crippen molar-refractivity contribution in [3.8, 4) is 0 Å². The van der Waals surface area contributed by atoms with Gasteiger partial charge in [0.2, 0.25) is 0 Å². The quantitative estimate of drug-likeness (QED) is 0.794. The van der Waals surface area contributed by atoms with Gasteiger partial charge in [-0.25, -0.2) is 14.6 Å². The van der Waals surface area contributed by atoms with Crippen LogP contribution in [0.5, 0.6) is 0 Å². The molecule has 6 nitrogen and oxygen atoms in total. The SMILES string of the molecule is CCn1ncnc1Cn1c(C2CC2)nc(Cl)cc1=O. The minimum absolute atomic E-state index is 0.132. The van der Waals surface area contributed by atoms with Crippen LogP contribution >= 0.6 is 11.6 Å². The van der Waals surface area contributed by atoms with Crippen molar-refractivity contribution in [2.45, 2.75) is 38.8 Å². The van der Waals surface area contributed by atoms with Gasteiger partial charge in [0.25, 0.3) is 5.56 Å². The van der Waals surface area contributed by atoms with E-state index in [0.29, 0.717) is 12.5 Å². The molecule has 2 aromatic rings. The Morgan fingerprint density at radius 2 is 2.26 bits per heavy atom. The fourth-order valence-corrected chi connectivity index (χ4v) is 2.30. The average Bonchev–Trinajstić information content (AvgIpc) is 3.12. The second-order valence-electron chi connectivity index (χ2n) is 4.63.